The molecule has 0 fully saturated rings. The molecule has 0 aromatic heterocycles. The molecule has 3 heteroatoms. The van der Waals surface area contributed by atoms with Crippen LogP contribution in [0.15, 0.2) is 36.4 Å². The van der Waals surface area contributed by atoms with Crippen LogP contribution < -0.4 is 0 Å². The quantitative estimate of drug-likeness (QED) is 0.785. The Morgan fingerprint density at radius 3 is 2.53 bits per heavy atom. The Hall–Kier alpha value is -1.61. The van der Waals surface area contributed by atoms with Gasteiger partial charge in [-0.3, -0.25) is 4.79 Å². The maximum Gasteiger partial charge on any atom is 0.248 e. The minimum atomic E-state index is -0.779. The molecule has 3 nitrogen and oxygen atoms in total. The van der Waals surface area contributed by atoms with Gasteiger partial charge in [0.15, 0.2) is 0 Å². The van der Waals surface area contributed by atoms with Crippen LogP contribution in [0.1, 0.15) is 11.1 Å². The Morgan fingerprint density at radius 1 is 1.33 bits per heavy atom. The van der Waals surface area contributed by atoms with E-state index >= 15 is 0 Å². The molecular formula is C12H13NO2. The lowest BCUT2D eigenvalue weighted by atomic mass is 10.1. The second-order valence-electron chi connectivity index (χ2n) is 3.72. The highest BCUT2D eigenvalue weighted by atomic mass is 16.3. The van der Waals surface area contributed by atoms with E-state index < -0.39 is 6.23 Å². The number of hydrogen-bond donors (Lipinski definition) is 1. The number of carbonyl (C=O) groups excluding carboxylic acids is 1. The molecule has 0 radical (unpaired) electrons. The van der Waals surface area contributed by atoms with Gasteiger partial charge < -0.3 is 10.0 Å². The van der Waals surface area contributed by atoms with Gasteiger partial charge in [0.1, 0.15) is 6.23 Å². The van der Waals surface area contributed by atoms with Crippen LogP contribution in [0.25, 0.3) is 0 Å². The standard InChI is InChI=1S/C12H13NO2/c1-9-2-4-10(5-3-9)8-13-11(14)6-7-12(13)15/h2-7,11,14H,8H2,1H3. The molecule has 1 atom stereocenters. The van der Waals surface area contributed by atoms with Crippen molar-refractivity contribution in [3.05, 3.63) is 47.5 Å². The van der Waals surface area contributed by atoms with Crippen molar-refractivity contribution in [2.75, 3.05) is 0 Å². The van der Waals surface area contributed by atoms with Crippen molar-refractivity contribution in [2.24, 2.45) is 0 Å². The summed E-state index contributed by atoms with van der Waals surface area (Å²) in [7, 11) is 0. The van der Waals surface area contributed by atoms with E-state index in [1.807, 2.05) is 31.2 Å². The smallest absolute Gasteiger partial charge is 0.248 e. The number of aryl methyl sites for hydroxylation is 1. The van der Waals surface area contributed by atoms with Crippen LogP contribution in [-0.2, 0) is 11.3 Å². The minimum absolute atomic E-state index is 0.136. The zero-order valence-electron chi connectivity index (χ0n) is 8.55. The van der Waals surface area contributed by atoms with Crippen molar-refractivity contribution < 1.29 is 9.90 Å². The third kappa shape index (κ3) is 2.07. The van der Waals surface area contributed by atoms with Crippen molar-refractivity contribution in [3.63, 3.8) is 0 Å². The summed E-state index contributed by atoms with van der Waals surface area (Å²) in [5.74, 6) is -0.136. The predicted octanol–water partition coefficient (Wildman–Crippen LogP) is 1.21. The van der Waals surface area contributed by atoms with Crippen LogP contribution in [0.5, 0.6) is 0 Å². The second kappa shape index (κ2) is 3.87. The Labute approximate surface area is 88.6 Å². The molecule has 1 aliphatic heterocycles. The average Bonchev–Trinajstić information content (AvgIpc) is 2.53. The summed E-state index contributed by atoms with van der Waals surface area (Å²) in [6, 6.07) is 7.92. The Kier molecular flexibility index (Phi) is 2.56. The van der Waals surface area contributed by atoms with E-state index in [9.17, 15) is 9.90 Å². The van der Waals surface area contributed by atoms with Crippen LogP contribution in [0.3, 0.4) is 0 Å². The zero-order chi connectivity index (χ0) is 10.8. The van der Waals surface area contributed by atoms with E-state index in [-0.39, 0.29) is 5.91 Å². The molecule has 0 saturated heterocycles. The SMILES string of the molecule is Cc1ccc(CN2C(=O)C=CC2O)cc1. The fourth-order valence-electron chi connectivity index (χ4n) is 1.56. The number of amides is 1. The monoisotopic (exact) mass is 203 g/mol. The molecule has 1 unspecified atom stereocenters. The summed E-state index contributed by atoms with van der Waals surface area (Å²) in [5, 5.41) is 9.49. The van der Waals surface area contributed by atoms with Gasteiger partial charge in [-0.25, -0.2) is 0 Å². The summed E-state index contributed by atoms with van der Waals surface area (Å²) in [4.78, 5) is 12.8. The molecule has 1 aromatic carbocycles. The number of aliphatic hydroxyl groups is 1. The molecule has 0 aliphatic carbocycles. The molecule has 0 saturated carbocycles. The van der Waals surface area contributed by atoms with E-state index in [4.69, 9.17) is 0 Å². The number of carbonyl (C=O) groups is 1. The van der Waals surface area contributed by atoms with Crippen LogP contribution in [-0.4, -0.2) is 22.1 Å². The largest absolute Gasteiger partial charge is 0.370 e. The molecule has 1 aromatic rings. The van der Waals surface area contributed by atoms with Gasteiger partial charge in [-0.2, -0.15) is 0 Å². The van der Waals surface area contributed by atoms with Crippen molar-refractivity contribution >= 4 is 5.91 Å². The van der Waals surface area contributed by atoms with Gasteiger partial charge in [-0.1, -0.05) is 29.8 Å². The molecule has 1 heterocycles. The summed E-state index contributed by atoms with van der Waals surface area (Å²) in [5.41, 5.74) is 2.21. The summed E-state index contributed by atoms with van der Waals surface area (Å²) in [6.07, 6.45) is 2.12. The highest BCUT2D eigenvalue weighted by Crippen LogP contribution is 2.14. The van der Waals surface area contributed by atoms with Crippen molar-refractivity contribution in [3.8, 4) is 0 Å². The number of aliphatic hydroxyl groups excluding tert-OH is 1. The maximum absolute atomic E-state index is 11.3. The molecule has 15 heavy (non-hydrogen) atoms. The topological polar surface area (TPSA) is 40.5 Å². The first-order valence-electron chi connectivity index (χ1n) is 4.89. The Morgan fingerprint density at radius 2 is 2.00 bits per heavy atom. The van der Waals surface area contributed by atoms with E-state index in [1.54, 1.807) is 0 Å². The Balaban J connectivity index is 2.09. The lowest BCUT2D eigenvalue weighted by Gasteiger charge is -2.20. The van der Waals surface area contributed by atoms with E-state index in [0.29, 0.717) is 6.54 Å². The van der Waals surface area contributed by atoms with Gasteiger partial charge in [0.25, 0.3) is 0 Å². The fraction of sp³-hybridized carbons (Fsp3) is 0.250. The van der Waals surface area contributed by atoms with Crippen molar-refractivity contribution in [1.29, 1.82) is 0 Å². The predicted molar refractivity (Wildman–Crippen MR) is 56.9 cm³/mol. The highest BCUT2D eigenvalue weighted by Gasteiger charge is 2.23. The van der Waals surface area contributed by atoms with E-state index in [1.165, 1.54) is 22.6 Å². The van der Waals surface area contributed by atoms with Crippen LogP contribution in [0.2, 0.25) is 0 Å². The molecule has 0 spiro atoms. The van der Waals surface area contributed by atoms with Gasteiger partial charge in [-0.05, 0) is 18.6 Å². The van der Waals surface area contributed by atoms with Gasteiger partial charge in [-0.15, -0.1) is 0 Å². The van der Waals surface area contributed by atoms with Crippen molar-refractivity contribution in [2.45, 2.75) is 19.7 Å². The molecule has 2 rings (SSSR count). The van der Waals surface area contributed by atoms with Crippen LogP contribution >= 0.6 is 0 Å². The minimum Gasteiger partial charge on any atom is -0.370 e. The number of nitrogens with zero attached hydrogens (tertiary/aromatic N) is 1. The summed E-state index contributed by atoms with van der Waals surface area (Å²) >= 11 is 0. The van der Waals surface area contributed by atoms with Gasteiger partial charge >= 0.3 is 0 Å². The normalized spacial score (nSPS) is 20.0. The first-order chi connectivity index (χ1) is 7.16. The second-order valence-corrected chi connectivity index (χ2v) is 3.72. The first-order valence-corrected chi connectivity index (χ1v) is 4.89. The zero-order valence-corrected chi connectivity index (χ0v) is 8.55. The molecule has 1 amide bonds. The maximum atomic E-state index is 11.3. The summed E-state index contributed by atoms with van der Waals surface area (Å²) in [6.45, 7) is 2.47. The van der Waals surface area contributed by atoms with E-state index in [0.717, 1.165) is 5.56 Å². The molecular weight excluding hydrogens is 190 g/mol. The molecule has 1 N–H and O–H groups in total. The highest BCUT2D eigenvalue weighted by molar-refractivity contribution is 5.90. The molecule has 1 aliphatic rings. The lowest BCUT2D eigenvalue weighted by molar-refractivity contribution is -0.131. The van der Waals surface area contributed by atoms with Crippen LogP contribution in [0, 0.1) is 6.92 Å². The Bertz CT molecular complexity index is 395. The number of hydrogen-bond acceptors (Lipinski definition) is 2. The average molecular weight is 203 g/mol. The lowest BCUT2D eigenvalue weighted by Crippen LogP contribution is -2.32. The van der Waals surface area contributed by atoms with E-state index in [2.05, 4.69) is 0 Å². The van der Waals surface area contributed by atoms with Gasteiger partial charge in [0.2, 0.25) is 5.91 Å². The molecule has 78 valence electrons. The van der Waals surface area contributed by atoms with Gasteiger partial charge in [0, 0.05) is 12.6 Å². The van der Waals surface area contributed by atoms with Crippen LogP contribution in [0.4, 0.5) is 0 Å². The third-order valence-electron chi connectivity index (χ3n) is 2.49. The van der Waals surface area contributed by atoms with Gasteiger partial charge in [0.05, 0.1) is 0 Å². The van der Waals surface area contributed by atoms with Crippen molar-refractivity contribution in [1.82, 2.24) is 4.90 Å². The summed E-state index contributed by atoms with van der Waals surface area (Å²) < 4.78 is 0. The fourth-order valence-corrected chi connectivity index (χ4v) is 1.56. The number of rotatable bonds is 2. The molecule has 0 bridgehead atoms. The first kappa shape index (κ1) is 9.93. The number of benzene rings is 1. The third-order valence-corrected chi connectivity index (χ3v) is 2.49.